The van der Waals surface area contributed by atoms with Gasteiger partial charge in [-0.1, -0.05) is 51.1 Å². The molecule has 0 fully saturated rings. The van der Waals surface area contributed by atoms with Crippen LogP contribution in [0, 0.1) is 0 Å². The SMILES string of the molecule is CC(C)(C)c1cc(C=CC(=O)C(C)(C)P(=O)(O)O)c2ccccc2c1O. The van der Waals surface area contributed by atoms with Crippen LogP contribution in [-0.4, -0.2) is 25.8 Å². The van der Waals surface area contributed by atoms with Gasteiger partial charge in [0.25, 0.3) is 0 Å². The van der Waals surface area contributed by atoms with E-state index in [1.807, 2.05) is 45.0 Å². The lowest BCUT2D eigenvalue weighted by molar-refractivity contribution is -0.116. The predicted molar refractivity (Wildman–Crippen MR) is 104 cm³/mol. The highest BCUT2D eigenvalue weighted by molar-refractivity contribution is 7.54. The first-order chi connectivity index (χ1) is 11.8. The summed E-state index contributed by atoms with van der Waals surface area (Å²) in [6, 6.07) is 9.10. The Morgan fingerprint density at radius 1 is 1.04 bits per heavy atom. The number of hydrogen-bond acceptors (Lipinski definition) is 3. The molecule has 0 spiro atoms. The number of phenols is 1. The van der Waals surface area contributed by atoms with E-state index >= 15 is 0 Å². The molecular weight excluding hydrogens is 351 g/mol. The van der Waals surface area contributed by atoms with Gasteiger partial charge in [-0.2, -0.15) is 0 Å². The summed E-state index contributed by atoms with van der Waals surface area (Å²) in [6.45, 7) is 8.40. The third kappa shape index (κ3) is 3.75. The van der Waals surface area contributed by atoms with Gasteiger partial charge in [-0.3, -0.25) is 9.36 Å². The number of carbonyl (C=O) groups excluding carboxylic acids is 1. The second kappa shape index (κ2) is 6.66. The maximum atomic E-state index is 12.3. The van der Waals surface area contributed by atoms with Crippen molar-refractivity contribution >= 4 is 30.2 Å². The molecule has 0 saturated heterocycles. The average Bonchev–Trinajstić information content (AvgIpc) is 2.51. The van der Waals surface area contributed by atoms with Gasteiger partial charge in [0.1, 0.15) is 10.9 Å². The Kier molecular flexibility index (Phi) is 5.22. The number of carbonyl (C=O) groups is 1. The number of ketones is 1. The third-order valence-electron chi connectivity index (χ3n) is 4.60. The number of hydrogen-bond donors (Lipinski definition) is 3. The number of fused-ring (bicyclic) bond motifs is 1. The van der Waals surface area contributed by atoms with Crippen LogP contribution in [-0.2, 0) is 14.8 Å². The van der Waals surface area contributed by atoms with E-state index in [4.69, 9.17) is 0 Å². The van der Waals surface area contributed by atoms with Gasteiger partial charge in [0, 0.05) is 10.9 Å². The fourth-order valence-electron chi connectivity index (χ4n) is 2.61. The molecule has 0 saturated carbocycles. The maximum Gasteiger partial charge on any atom is 0.338 e. The fourth-order valence-corrected chi connectivity index (χ4v) is 2.97. The average molecular weight is 376 g/mol. The van der Waals surface area contributed by atoms with E-state index in [2.05, 4.69) is 0 Å². The molecule has 140 valence electrons. The second-order valence-electron chi connectivity index (χ2n) is 7.96. The molecule has 2 aromatic rings. The number of rotatable bonds is 4. The predicted octanol–water partition coefficient (Wildman–Crippen LogP) is 4.38. The lowest BCUT2D eigenvalue weighted by Crippen LogP contribution is -2.29. The van der Waals surface area contributed by atoms with Crippen molar-refractivity contribution in [3.05, 3.63) is 47.5 Å². The van der Waals surface area contributed by atoms with Crippen LogP contribution in [0.4, 0.5) is 0 Å². The molecule has 0 aliphatic heterocycles. The summed E-state index contributed by atoms with van der Waals surface area (Å²) in [4.78, 5) is 31.1. The summed E-state index contributed by atoms with van der Waals surface area (Å²) >= 11 is 0. The van der Waals surface area contributed by atoms with Crippen LogP contribution in [0.1, 0.15) is 45.7 Å². The molecule has 0 aliphatic rings. The van der Waals surface area contributed by atoms with Gasteiger partial charge >= 0.3 is 7.60 Å². The third-order valence-corrected chi connectivity index (χ3v) is 6.28. The fraction of sp³-hybridized carbons (Fsp3) is 0.350. The molecule has 2 aromatic carbocycles. The zero-order chi connectivity index (χ0) is 19.9. The van der Waals surface area contributed by atoms with Crippen LogP contribution in [0.15, 0.2) is 36.4 Å². The minimum absolute atomic E-state index is 0.201. The summed E-state index contributed by atoms with van der Waals surface area (Å²) in [6.07, 6.45) is 2.75. The van der Waals surface area contributed by atoms with Crippen LogP contribution < -0.4 is 0 Å². The first-order valence-electron chi connectivity index (χ1n) is 8.30. The molecular formula is C20H25O5P. The van der Waals surface area contributed by atoms with Gasteiger partial charge < -0.3 is 14.9 Å². The van der Waals surface area contributed by atoms with Gasteiger partial charge in [0.2, 0.25) is 0 Å². The van der Waals surface area contributed by atoms with Crippen LogP contribution in [0.2, 0.25) is 0 Å². The van der Waals surface area contributed by atoms with Crippen molar-refractivity contribution in [2.75, 3.05) is 0 Å². The van der Waals surface area contributed by atoms with Gasteiger partial charge in [-0.05, 0) is 42.4 Å². The monoisotopic (exact) mass is 376 g/mol. The van der Waals surface area contributed by atoms with Crippen LogP contribution in [0.25, 0.3) is 16.8 Å². The summed E-state index contributed by atoms with van der Waals surface area (Å²) in [5.74, 6) is -0.451. The number of aromatic hydroxyl groups is 1. The Labute approximate surface area is 153 Å². The first kappa shape index (κ1) is 20.4. The molecule has 2 rings (SSSR count). The van der Waals surface area contributed by atoms with E-state index in [0.29, 0.717) is 10.9 Å². The molecule has 0 unspecified atom stereocenters. The quantitative estimate of drug-likeness (QED) is 0.544. The lowest BCUT2D eigenvalue weighted by Gasteiger charge is -2.23. The summed E-state index contributed by atoms with van der Waals surface area (Å²) in [5, 5.41) is 10.3. The van der Waals surface area contributed by atoms with Gasteiger partial charge in [0.15, 0.2) is 5.78 Å². The minimum Gasteiger partial charge on any atom is -0.507 e. The lowest BCUT2D eigenvalue weighted by atomic mass is 9.83. The van der Waals surface area contributed by atoms with E-state index in [-0.39, 0.29) is 11.2 Å². The first-order valence-corrected chi connectivity index (χ1v) is 9.91. The smallest absolute Gasteiger partial charge is 0.338 e. The Morgan fingerprint density at radius 2 is 1.58 bits per heavy atom. The van der Waals surface area contributed by atoms with E-state index in [1.54, 1.807) is 12.1 Å². The minimum atomic E-state index is -4.58. The molecule has 0 amide bonds. The topological polar surface area (TPSA) is 94.8 Å². The Balaban J connectivity index is 2.62. The van der Waals surface area contributed by atoms with Crippen LogP contribution in [0.5, 0.6) is 5.75 Å². The Hall–Kier alpha value is -1.94. The molecule has 0 atom stereocenters. The molecule has 5 nitrogen and oxygen atoms in total. The van der Waals surface area contributed by atoms with Crippen molar-refractivity contribution < 1.29 is 24.3 Å². The highest BCUT2D eigenvalue weighted by atomic mass is 31.2. The van der Waals surface area contributed by atoms with Crippen molar-refractivity contribution in [3.8, 4) is 5.75 Å². The number of benzene rings is 2. The zero-order valence-electron chi connectivity index (χ0n) is 15.6. The van der Waals surface area contributed by atoms with E-state index in [1.165, 1.54) is 19.9 Å². The van der Waals surface area contributed by atoms with Crippen LogP contribution in [0.3, 0.4) is 0 Å². The maximum absolute atomic E-state index is 12.3. The van der Waals surface area contributed by atoms with Crippen molar-refractivity contribution in [2.24, 2.45) is 0 Å². The van der Waals surface area contributed by atoms with Crippen molar-refractivity contribution in [1.29, 1.82) is 0 Å². The Bertz CT molecular complexity index is 929. The van der Waals surface area contributed by atoms with Crippen molar-refractivity contribution in [1.82, 2.24) is 0 Å². The zero-order valence-corrected chi connectivity index (χ0v) is 16.5. The normalized spacial score (nSPS) is 13.5. The van der Waals surface area contributed by atoms with Gasteiger partial charge in [0.05, 0.1) is 0 Å². The Morgan fingerprint density at radius 3 is 2.08 bits per heavy atom. The summed E-state index contributed by atoms with van der Waals surface area (Å²) in [5.41, 5.74) is 1.13. The largest absolute Gasteiger partial charge is 0.507 e. The molecule has 0 bridgehead atoms. The number of phenolic OH excluding ortho intramolecular Hbond substituents is 1. The summed E-state index contributed by atoms with van der Waals surface area (Å²) < 4.78 is 11.6. The molecule has 3 N–H and O–H groups in total. The van der Waals surface area contributed by atoms with E-state index in [9.17, 15) is 24.3 Å². The summed E-state index contributed by atoms with van der Waals surface area (Å²) in [7, 11) is -4.58. The number of allylic oxidation sites excluding steroid dienone is 1. The highest BCUT2D eigenvalue weighted by Gasteiger charge is 2.43. The second-order valence-corrected chi connectivity index (χ2v) is 10.2. The molecule has 26 heavy (non-hydrogen) atoms. The molecule has 0 heterocycles. The van der Waals surface area contributed by atoms with Gasteiger partial charge in [-0.25, -0.2) is 0 Å². The molecule has 0 radical (unpaired) electrons. The molecule has 6 heteroatoms. The highest BCUT2D eigenvalue weighted by Crippen LogP contribution is 2.50. The molecule has 0 aromatic heterocycles. The standard InChI is InChI=1S/C20H25O5P/c1-19(2,3)16-12-13(14-8-6-7-9-15(14)18(16)22)10-11-17(21)20(4,5)26(23,24)25/h6-12,22H,1-5H3,(H2,23,24,25). The van der Waals surface area contributed by atoms with E-state index < -0.39 is 18.5 Å². The van der Waals surface area contributed by atoms with Gasteiger partial charge in [-0.15, -0.1) is 0 Å². The van der Waals surface area contributed by atoms with Crippen molar-refractivity contribution in [3.63, 3.8) is 0 Å². The molecule has 0 aliphatic carbocycles. The van der Waals surface area contributed by atoms with Crippen molar-refractivity contribution in [2.45, 2.75) is 45.2 Å². The van der Waals surface area contributed by atoms with E-state index in [0.717, 1.165) is 10.9 Å². The van der Waals surface area contributed by atoms with Crippen LogP contribution >= 0.6 is 7.60 Å².